The zero-order valence-corrected chi connectivity index (χ0v) is 10.1. The van der Waals surface area contributed by atoms with E-state index < -0.39 is 11.4 Å². The lowest BCUT2D eigenvalue weighted by molar-refractivity contribution is -0.122. The van der Waals surface area contributed by atoms with Crippen molar-refractivity contribution in [3.05, 3.63) is 0 Å². The van der Waals surface area contributed by atoms with Crippen molar-refractivity contribution in [2.75, 3.05) is 13.1 Å². The smallest absolute Gasteiger partial charge is 0.318 e. The number of nitrogens with two attached hydrogens (primary N) is 1. The van der Waals surface area contributed by atoms with Crippen molar-refractivity contribution in [1.82, 2.24) is 10.2 Å². The molecule has 0 aromatic heterocycles. The Labute approximate surface area is 96.4 Å². The van der Waals surface area contributed by atoms with Gasteiger partial charge >= 0.3 is 6.03 Å². The average Bonchev–Trinajstić information content (AvgIpc) is 2.44. The first-order chi connectivity index (χ1) is 7.43. The molecule has 0 aromatic carbocycles. The second kappa shape index (κ2) is 5.18. The molecule has 1 aliphatic rings. The van der Waals surface area contributed by atoms with Crippen LogP contribution in [-0.4, -0.2) is 35.5 Å². The van der Waals surface area contributed by atoms with E-state index in [0.29, 0.717) is 0 Å². The number of primary amides is 1. The summed E-state index contributed by atoms with van der Waals surface area (Å²) in [5, 5.41) is 2.67. The maximum atomic E-state index is 11.9. The quantitative estimate of drug-likeness (QED) is 0.733. The number of nitrogens with one attached hydrogen (secondary N) is 1. The van der Waals surface area contributed by atoms with Gasteiger partial charge in [-0.1, -0.05) is 12.8 Å². The van der Waals surface area contributed by atoms with Crippen LogP contribution in [-0.2, 0) is 4.79 Å². The van der Waals surface area contributed by atoms with Crippen LogP contribution in [0.5, 0.6) is 0 Å². The van der Waals surface area contributed by atoms with Gasteiger partial charge in [0.05, 0.1) is 0 Å². The fourth-order valence-electron chi connectivity index (χ4n) is 1.68. The molecule has 5 heteroatoms. The highest BCUT2D eigenvalue weighted by molar-refractivity contribution is 5.89. The van der Waals surface area contributed by atoms with Gasteiger partial charge in [0, 0.05) is 13.1 Å². The van der Waals surface area contributed by atoms with Crippen LogP contribution in [0.25, 0.3) is 0 Å². The molecule has 0 aromatic rings. The second-order valence-electron chi connectivity index (χ2n) is 4.82. The Morgan fingerprint density at radius 3 is 2.06 bits per heavy atom. The topological polar surface area (TPSA) is 75.4 Å². The third-order valence-electron chi connectivity index (χ3n) is 2.93. The summed E-state index contributed by atoms with van der Waals surface area (Å²) in [6.45, 7) is 4.76. The molecule has 1 rings (SSSR count). The Hall–Kier alpha value is -1.26. The molecule has 0 bridgehead atoms. The fraction of sp³-hybridized carbons (Fsp3) is 0.818. The summed E-state index contributed by atoms with van der Waals surface area (Å²) in [7, 11) is 0. The van der Waals surface area contributed by atoms with Crippen LogP contribution >= 0.6 is 0 Å². The number of urea groups is 1. The minimum absolute atomic E-state index is 0.189. The number of carbonyl (C=O) groups excluding carboxylic acids is 2. The van der Waals surface area contributed by atoms with E-state index in [-0.39, 0.29) is 6.03 Å². The van der Waals surface area contributed by atoms with Gasteiger partial charge in [0.25, 0.3) is 0 Å². The summed E-state index contributed by atoms with van der Waals surface area (Å²) in [6.07, 6.45) is 4.40. The third-order valence-corrected chi connectivity index (χ3v) is 2.93. The van der Waals surface area contributed by atoms with E-state index in [1.54, 1.807) is 18.7 Å². The lowest BCUT2D eigenvalue weighted by Crippen LogP contribution is -2.56. The van der Waals surface area contributed by atoms with Crippen molar-refractivity contribution in [2.45, 2.75) is 45.1 Å². The van der Waals surface area contributed by atoms with Crippen LogP contribution in [0.1, 0.15) is 39.5 Å². The minimum atomic E-state index is -0.983. The van der Waals surface area contributed by atoms with Crippen LogP contribution in [0.4, 0.5) is 4.79 Å². The Morgan fingerprint density at radius 2 is 1.62 bits per heavy atom. The van der Waals surface area contributed by atoms with Gasteiger partial charge in [-0.3, -0.25) is 4.79 Å². The maximum absolute atomic E-state index is 11.9. The van der Waals surface area contributed by atoms with Gasteiger partial charge in [0.15, 0.2) is 0 Å². The van der Waals surface area contributed by atoms with Gasteiger partial charge in [-0.25, -0.2) is 4.79 Å². The van der Waals surface area contributed by atoms with Crippen molar-refractivity contribution in [3.8, 4) is 0 Å². The Morgan fingerprint density at radius 1 is 1.12 bits per heavy atom. The number of hydrogen-bond acceptors (Lipinski definition) is 2. The first kappa shape index (κ1) is 12.8. The number of rotatable bonds is 2. The molecular formula is C11H21N3O2. The molecule has 0 saturated carbocycles. The molecule has 3 amide bonds. The number of carbonyl (C=O) groups is 2. The second-order valence-corrected chi connectivity index (χ2v) is 4.82. The van der Waals surface area contributed by atoms with Crippen molar-refractivity contribution in [2.24, 2.45) is 5.73 Å². The standard InChI is InChI=1S/C11H21N3O2/c1-11(2,9(12)15)13-10(16)14-7-5-3-4-6-8-14/h3-8H2,1-2H3,(H2,12,15)(H,13,16). The highest BCUT2D eigenvalue weighted by Crippen LogP contribution is 2.11. The highest BCUT2D eigenvalue weighted by atomic mass is 16.2. The summed E-state index contributed by atoms with van der Waals surface area (Å²) in [6, 6.07) is -0.189. The summed E-state index contributed by atoms with van der Waals surface area (Å²) in [5.74, 6) is -0.518. The number of nitrogens with zero attached hydrogens (tertiary/aromatic N) is 1. The van der Waals surface area contributed by atoms with E-state index in [0.717, 1.165) is 25.9 Å². The summed E-state index contributed by atoms with van der Waals surface area (Å²) < 4.78 is 0. The van der Waals surface area contributed by atoms with Crippen molar-refractivity contribution in [3.63, 3.8) is 0 Å². The van der Waals surface area contributed by atoms with Gasteiger partial charge in [0.2, 0.25) is 5.91 Å². The first-order valence-electron chi connectivity index (χ1n) is 5.80. The van der Waals surface area contributed by atoms with E-state index in [2.05, 4.69) is 5.32 Å². The maximum Gasteiger partial charge on any atom is 0.318 e. The van der Waals surface area contributed by atoms with E-state index in [1.165, 1.54) is 12.8 Å². The first-order valence-corrected chi connectivity index (χ1v) is 5.80. The molecular weight excluding hydrogens is 206 g/mol. The normalized spacial score (nSPS) is 17.8. The Kier molecular flexibility index (Phi) is 4.15. The van der Waals surface area contributed by atoms with E-state index in [4.69, 9.17) is 5.73 Å². The number of amides is 3. The predicted octanol–water partition coefficient (Wildman–Crippen LogP) is 0.836. The molecule has 5 nitrogen and oxygen atoms in total. The van der Waals surface area contributed by atoms with Crippen LogP contribution in [0, 0.1) is 0 Å². The van der Waals surface area contributed by atoms with Crippen molar-refractivity contribution >= 4 is 11.9 Å². The molecule has 0 atom stereocenters. The molecule has 0 aliphatic carbocycles. The molecule has 16 heavy (non-hydrogen) atoms. The molecule has 92 valence electrons. The van der Waals surface area contributed by atoms with E-state index in [1.807, 2.05) is 0 Å². The summed E-state index contributed by atoms with van der Waals surface area (Å²) in [4.78, 5) is 24.7. The highest BCUT2D eigenvalue weighted by Gasteiger charge is 2.29. The van der Waals surface area contributed by atoms with Gasteiger partial charge in [-0.2, -0.15) is 0 Å². The number of likely N-dealkylation sites (tertiary alicyclic amines) is 1. The lowest BCUT2D eigenvalue weighted by atomic mass is 10.1. The summed E-state index contributed by atoms with van der Waals surface area (Å²) >= 11 is 0. The van der Waals surface area contributed by atoms with Crippen LogP contribution in [0.3, 0.4) is 0 Å². The van der Waals surface area contributed by atoms with Gasteiger partial charge < -0.3 is 16.0 Å². The van der Waals surface area contributed by atoms with E-state index in [9.17, 15) is 9.59 Å². The molecule has 1 fully saturated rings. The van der Waals surface area contributed by atoms with Crippen LogP contribution < -0.4 is 11.1 Å². The van der Waals surface area contributed by atoms with Crippen LogP contribution in [0.2, 0.25) is 0 Å². The van der Waals surface area contributed by atoms with E-state index >= 15 is 0 Å². The summed E-state index contributed by atoms with van der Waals surface area (Å²) in [5.41, 5.74) is 4.22. The molecule has 1 heterocycles. The van der Waals surface area contributed by atoms with Gasteiger partial charge in [-0.15, -0.1) is 0 Å². The van der Waals surface area contributed by atoms with Gasteiger partial charge in [0.1, 0.15) is 5.54 Å². The van der Waals surface area contributed by atoms with Crippen LogP contribution in [0.15, 0.2) is 0 Å². The minimum Gasteiger partial charge on any atom is -0.368 e. The van der Waals surface area contributed by atoms with Gasteiger partial charge in [-0.05, 0) is 26.7 Å². The Balaban J connectivity index is 2.53. The molecule has 1 saturated heterocycles. The zero-order valence-electron chi connectivity index (χ0n) is 10.1. The SMILES string of the molecule is CC(C)(NC(=O)N1CCCCCC1)C(N)=O. The molecule has 1 aliphatic heterocycles. The predicted molar refractivity (Wildman–Crippen MR) is 61.8 cm³/mol. The number of hydrogen-bond donors (Lipinski definition) is 2. The molecule has 0 spiro atoms. The fourth-order valence-corrected chi connectivity index (χ4v) is 1.68. The zero-order chi connectivity index (χ0) is 12.2. The molecule has 0 unspecified atom stereocenters. The monoisotopic (exact) mass is 227 g/mol. The van der Waals surface area contributed by atoms with Crippen molar-refractivity contribution in [1.29, 1.82) is 0 Å². The lowest BCUT2D eigenvalue weighted by Gasteiger charge is -2.28. The van der Waals surface area contributed by atoms with Crippen molar-refractivity contribution < 1.29 is 9.59 Å². The molecule has 0 radical (unpaired) electrons. The molecule has 3 N–H and O–H groups in total. The Bertz CT molecular complexity index is 268. The average molecular weight is 227 g/mol. The third kappa shape index (κ3) is 3.40. The largest absolute Gasteiger partial charge is 0.368 e.